The number of pyridine rings is 1. The smallest absolute Gasteiger partial charge is 0.219 e. The topological polar surface area (TPSA) is 31.4 Å². The van der Waals surface area contributed by atoms with Gasteiger partial charge >= 0.3 is 0 Å². The highest BCUT2D eigenvalue weighted by Crippen LogP contribution is 2.38. The average molecular weight is 390 g/mol. The zero-order valence-electron chi connectivity index (χ0n) is 13.6. The molecule has 0 radical (unpaired) electrons. The number of ether oxygens (including phenoxy) is 2. The van der Waals surface area contributed by atoms with E-state index in [-0.39, 0.29) is 11.1 Å². The maximum absolute atomic E-state index is 13.4. The van der Waals surface area contributed by atoms with E-state index in [1.807, 2.05) is 18.2 Å². The van der Waals surface area contributed by atoms with Crippen LogP contribution < -0.4 is 9.47 Å². The van der Waals surface area contributed by atoms with Crippen molar-refractivity contribution in [2.24, 2.45) is 0 Å². The Balaban J connectivity index is 1.51. The molecule has 0 saturated carbocycles. The highest BCUT2D eigenvalue weighted by molar-refractivity contribution is 6.30. The van der Waals surface area contributed by atoms with E-state index in [1.165, 1.54) is 12.3 Å². The molecule has 0 saturated heterocycles. The molecule has 2 aromatic carbocycles. The van der Waals surface area contributed by atoms with E-state index in [1.54, 1.807) is 24.3 Å². The van der Waals surface area contributed by atoms with Gasteiger partial charge in [0.05, 0.1) is 10.0 Å². The van der Waals surface area contributed by atoms with Gasteiger partial charge in [0.2, 0.25) is 5.88 Å². The Morgan fingerprint density at radius 1 is 1.08 bits per heavy atom. The van der Waals surface area contributed by atoms with Crippen LogP contribution in [0.25, 0.3) is 0 Å². The molecule has 1 aromatic heterocycles. The average Bonchev–Trinajstić information content (AvgIpc) is 2.65. The summed E-state index contributed by atoms with van der Waals surface area (Å²) in [6, 6.07) is 13.8. The number of hydrogen-bond donors (Lipinski definition) is 0. The highest BCUT2D eigenvalue weighted by atomic mass is 35.5. The van der Waals surface area contributed by atoms with Gasteiger partial charge in [-0.1, -0.05) is 29.3 Å². The molecule has 3 aromatic rings. The number of rotatable bonds is 3. The van der Waals surface area contributed by atoms with Crippen LogP contribution in [-0.2, 0) is 6.42 Å². The first-order chi connectivity index (χ1) is 12.6. The lowest BCUT2D eigenvalue weighted by atomic mass is 9.97. The lowest BCUT2D eigenvalue weighted by Crippen LogP contribution is -2.15. The zero-order valence-corrected chi connectivity index (χ0v) is 15.1. The van der Waals surface area contributed by atoms with Crippen molar-refractivity contribution in [3.63, 3.8) is 0 Å². The van der Waals surface area contributed by atoms with Gasteiger partial charge in [-0.3, -0.25) is 0 Å². The van der Waals surface area contributed by atoms with Gasteiger partial charge in [-0.25, -0.2) is 9.37 Å². The van der Waals surface area contributed by atoms with Crippen LogP contribution in [0.3, 0.4) is 0 Å². The van der Waals surface area contributed by atoms with E-state index in [9.17, 15) is 4.39 Å². The Kier molecular flexibility index (Phi) is 4.70. The SMILES string of the molecule is Fc1ccc(C2CCc3cc(Oc4ccc(Cl)cn4)ccc3O2)cc1Cl. The number of aromatic nitrogens is 1. The summed E-state index contributed by atoms with van der Waals surface area (Å²) in [5.41, 5.74) is 1.92. The minimum absolute atomic E-state index is 0.108. The maximum atomic E-state index is 13.4. The second kappa shape index (κ2) is 7.14. The summed E-state index contributed by atoms with van der Waals surface area (Å²) in [6.45, 7) is 0. The minimum Gasteiger partial charge on any atom is -0.485 e. The van der Waals surface area contributed by atoms with Crippen molar-refractivity contribution in [2.75, 3.05) is 0 Å². The van der Waals surface area contributed by atoms with Crippen molar-refractivity contribution in [1.29, 1.82) is 0 Å². The molecule has 2 heterocycles. The molecule has 0 spiro atoms. The summed E-state index contributed by atoms with van der Waals surface area (Å²) >= 11 is 11.7. The minimum atomic E-state index is -0.427. The Morgan fingerprint density at radius 2 is 1.96 bits per heavy atom. The van der Waals surface area contributed by atoms with Crippen molar-refractivity contribution in [1.82, 2.24) is 4.98 Å². The molecule has 26 heavy (non-hydrogen) atoms. The molecular weight excluding hydrogens is 376 g/mol. The number of aryl methyl sites for hydroxylation is 1. The van der Waals surface area contributed by atoms with E-state index in [0.717, 1.165) is 29.7 Å². The summed E-state index contributed by atoms with van der Waals surface area (Å²) in [4.78, 5) is 4.12. The first kappa shape index (κ1) is 17.1. The Bertz CT molecular complexity index is 947. The van der Waals surface area contributed by atoms with Gasteiger partial charge in [0.25, 0.3) is 0 Å². The molecule has 1 unspecified atom stereocenters. The molecule has 132 valence electrons. The number of hydrogen-bond acceptors (Lipinski definition) is 3. The molecule has 1 atom stereocenters. The summed E-state index contributed by atoms with van der Waals surface area (Å²) in [7, 11) is 0. The van der Waals surface area contributed by atoms with E-state index in [2.05, 4.69) is 4.98 Å². The molecule has 4 rings (SSSR count). The van der Waals surface area contributed by atoms with Crippen molar-refractivity contribution in [3.8, 4) is 17.4 Å². The summed E-state index contributed by atoms with van der Waals surface area (Å²) in [5.74, 6) is 1.53. The fraction of sp³-hybridized carbons (Fsp3) is 0.150. The third-order valence-corrected chi connectivity index (χ3v) is 4.73. The molecule has 3 nitrogen and oxygen atoms in total. The van der Waals surface area contributed by atoms with Crippen LogP contribution in [-0.4, -0.2) is 4.98 Å². The quantitative estimate of drug-likeness (QED) is 0.520. The fourth-order valence-electron chi connectivity index (χ4n) is 2.92. The number of fused-ring (bicyclic) bond motifs is 1. The third kappa shape index (κ3) is 3.62. The lowest BCUT2D eigenvalue weighted by Gasteiger charge is -2.27. The Labute approximate surface area is 160 Å². The van der Waals surface area contributed by atoms with E-state index < -0.39 is 5.82 Å². The molecule has 1 aliphatic rings. The van der Waals surface area contributed by atoms with Crippen LogP contribution in [0.4, 0.5) is 4.39 Å². The van der Waals surface area contributed by atoms with Crippen LogP contribution in [0.15, 0.2) is 54.7 Å². The Morgan fingerprint density at radius 3 is 2.73 bits per heavy atom. The molecular formula is C20H14Cl2FNO2. The van der Waals surface area contributed by atoms with E-state index >= 15 is 0 Å². The van der Waals surface area contributed by atoms with Crippen LogP contribution in [0, 0.1) is 5.82 Å². The third-order valence-electron chi connectivity index (χ3n) is 4.22. The van der Waals surface area contributed by atoms with Gasteiger partial charge in [-0.15, -0.1) is 0 Å². The summed E-state index contributed by atoms with van der Waals surface area (Å²) < 4.78 is 25.2. The largest absolute Gasteiger partial charge is 0.485 e. The number of halogens is 3. The molecule has 0 bridgehead atoms. The van der Waals surface area contributed by atoms with Crippen molar-refractivity contribution in [2.45, 2.75) is 18.9 Å². The Hall–Kier alpha value is -2.30. The molecule has 0 N–H and O–H groups in total. The van der Waals surface area contributed by atoms with Crippen molar-refractivity contribution >= 4 is 23.2 Å². The molecule has 0 fully saturated rings. The van der Waals surface area contributed by atoms with Gasteiger partial charge in [-0.05, 0) is 60.4 Å². The van der Waals surface area contributed by atoms with Crippen molar-refractivity contribution in [3.05, 3.63) is 81.7 Å². The second-order valence-electron chi connectivity index (χ2n) is 6.00. The van der Waals surface area contributed by atoms with Crippen LogP contribution >= 0.6 is 23.2 Å². The monoisotopic (exact) mass is 389 g/mol. The second-order valence-corrected chi connectivity index (χ2v) is 6.85. The van der Waals surface area contributed by atoms with Crippen molar-refractivity contribution < 1.29 is 13.9 Å². The fourth-order valence-corrected chi connectivity index (χ4v) is 3.22. The molecule has 0 amide bonds. The summed E-state index contributed by atoms with van der Waals surface area (Å²) in [5, 5.41) is 0.666. The first-order valence-corrected chi connectivity index (χ1v) is 8.88. The predicted molar refractivity (Wildman–Crippen MR) is 98.9 cm³/mol. The highest BCUT2D eigenvalue weighted by Gasteiger charge is 2.22. The van der Waals surface area contributed by atoms with E-state index in [0.29, 0.717) is 16.7 Å². The van der Waals surface area contributed by atoms with Gasteiger partial charge in [-0.2, -0.15) is 0 Å². The maximum Gasteiger partial charge on any atom is 0.219 e. The van der Waals surface area contributed by atoms with Gasteiger partial charge in [0.1, 0.15) is 23.4 Å². The van der Waals surface area contributed by atoms with Crippen LogP contribution in [0.1, 0.15) is 23.7 Å². The molecule has 1 aliphatic heterocycles. The van der Waals surface area contributed by atoms with Crippen LogP contribution in [0.2, 0.25) is 10.0 Å². The van der Waals surface area contributed by atoms with Gasteiger partial charge in [0, 0.05) is 12.3 Å². The lowest BCUT2D eigenvalue weighted by molar-refractivity contribution is 0.176. The number of nitrogens with zero attached hydrogens (tertiary/aromatic N) is 1. The molecule has 6 heteroatoms. The van der Waals surface area contributed by atoms with Gasteiger partial charge in [0.15, 0.2) is 0 Å². The normalized spacial score (nSPS) is 15.9. The zero-order chi connectivity index (χ0) is 18.1. The predicted octanol–water partition coefficient (Wildman–Crippen LogP) is 6.39. The first-order valence-electron chi connectivity index (χ1n) is 8.12. The molecule has 0 aliphatic carbocycles. The van der Waals surface area contributed by atoms with E-state index in [4.69, 9.17) is 32.7 Å². The summed E-state index contributed by atoms with van der Waals surface area (Å²) in [6.07, 6.45) is 2.99. The number of benzene rings is 2. The standard InChI is InChI=1S/C20H14Cl2FNO2/c21-14-3-8-20(24-11-14)25-15-4-7-19-12(9-15)2-6-18(26-19)13-1-5-17(23)16(22)10-13/h1,3-5,7-11,18H,2,6H2. The van der Waals surface area contributed by atoms with Crippen LogP contribution in [0.5, 0.6) is 17.4 Å². The van der Waals surface area contributed by atoms with Gasteiger partial charge < -0.3 is 9.47 Å².